The maximum atomic E-state index is 13.8. The van der Waals surface area contributed by atoms with Crippen LogP contribution in [-0.2, 0) is 16.6 Å². The van der Waals surface area contributed by atoms with Gasteiger partial charge < -0.3 is 15.1 Å². The number of fused-ring (bicyclic) bond motifs is 1. The lowest BCUT2D eigenvalue weighted by molar-refractivity contribution is -0.384. The lowest BCUT2D eigenvalue weighted by Crippen LogP contribution is -2.46. The third-order valence-corrected chi connectivity index (χ3v) is 13.1. The predicted octanol–water partition coefficient (Wildman–Crippen LogP) is 8.90. The van der Waals surface area contributed by atoms with Crippen LogP contribution in [0.1, 0.15) is 18.4 Å². The molecular formula is C44H47ClN8O4S2. The summed E-state index contributed by atoms with van der Waals surface area (Å²) in [5.74, 6) is 0.764. The number of halogens is 1. The molecule has 59 heavy (non-hydrogen) atoms. The Morgan fingerprint density at radius 2 is 1.64 bits per heavy atom. The van der Waals surface area contributed by atoms with Crippen molar-refractivity contribution in [2.24, 2.45) is 0 Å². The minimum Gasteiger partial charge on any atom is -0.376 e. The van der Waals surface area contributed by atoms with Crippen molar-refractivity contribution >= 4 is 67.2 Å². The second-order valence-electron chi connectivity index (χ2n) is 14.8. The Hall–Kier alpha value is -5.25. The standard InChI is InChI=1S/C44H47ClN8O4S2/c1-50(2)21-9-12-35(30-58-37-13-7-4-8-14-37)48-41-20-17-38(28-43(41)53(54)55)59(56,57)49-44-40-19-16-36(27-42(40)46-31-47-44)52-24-22-51(23-25-52)29-33-26-34(45)15-18-39(33)32-10-5-3-6-11-32/h3-8,10-11,13-20,26-28,31,35,48H,9,12,21-25,29-30H2,1-2H3,(H,46,47,49)/t35-/m1/s1. The van der Waals surface area contributed by atoms with Gasteiger partial charge in [-0.3, -0.25) is 19.7 Å². The first-order valence-electron chi connectivity index (χ1n) is 19.5. The minimum atomic E-state index is -4.27. The van der Waals surface area contributed by atoms with Gasteiger partial charge in [0.15, 0.2) is 5.82 Å². The highest BCUT2D eigenvalue weighted by molar-refractivity contribution is 7.99. The smallest absolute Gasteiger partial charge is 0.293 e. The fraction of sp³-hybridized carbons (Fsp3) is 0.273. The van der Waals surface area contributed by atoms with Gasteiger partial charge in [-0.05, 0) is 105 Å². The zero-order chi connectivity index (χ0) is 41.4. The lowest BCUT2D eigenvalue weighted by atomic mass is 9.99. The second kappa shape index (κ2) is 19.2. The average Bonchev–Trinajstić information content (AvgIpc) is 3.23. The first-order valence-corrected chi connectivity index (χ1v) is 22.3. The molecule has 12 nitrogen and oxygen atoms in total. The first kappa shape index (κ1) is 41.9. The lowest BCUT2D eigenvalue weighted by Gasteiger charge is -2.36. The van der Waals surface area contributed by atoms with Crippen LogP contribution in [0.15, 0.2) is 131 Å². The zero-order valence-corrected chi connectivity index (χ0v) is 35.4. The van der Waals surface area contributed by atoms with Crippen LogP contribution in [0, 0.1) is 10.1 Å². The molecule has 1 aromatic heterocycles. The van der Waals surface area contributed by atoms with E-state index in [2.05, 4.69) is 59.0 Å². The van der Waals surface area contributed by atoms with Gasteiger partial charge in [0.05, 0.1) is 15.3 Å². The predicted molar refractivity (Wildman–Crippen MR) is 240 cm³/mol. The van der Waals surface area contributed by atoms with Gasteiger partial charge in [-0.1, -0.05) is 66.2 Å². The van der Waals surface area contributed by atoms with Gasteiger partial charge >= 0.3 is 0 Å². The fourth-order valence-electron chi connectivity index (χ4n) is 7.24. The van der Waals surface area contributed by atoms with Gasteiger partial charge in [0, 0.05) is 71.6 Å². The first-order chi connectivity index (χ1) is 28.5. The van der Waals surface area contributed by atoms with E-state index in [1.165, 1.54) is 29.6 Å². The van der Waals surface area contributed by atoms with Crippen LogP contribution in [0.2, 0.25) is 5.02 Å². The van der Waals surface area contributed by atoms with Crippen molar-refractivity contribution in [3.8, 4) is 11.1 Å². The number of piperazine rings is 1. The maximum absolute atomic E-state index is 13.8. The molecule has 6 aromatic rings. The van der Waals surface area contributed by atoms with Gasteiger partial charge in [-0.15, -0.1) is 11.8 Å². The van der Waals surface area contributed by atoms with Crippen LogP contribution >= 0.6 is 23.4 Å². The van der Waals surface area contributed by atoms with E-state index in [1.807, 2.05) is 86.9 Å². The summed E-state index contributed by atoms with van der Waals surface area (Å²) < 4.78 is 30.1. The maximum Gasteiger partial charge on any atom is 0.293 e. The van der Waals surface area contributed by atoms with E-state index in [-0.39, 0.29) is 28.1 Å². The Kier molecular flexibility index (Phi) is 13.6. The molecule has 7 rings (SSSR count). The van der Waals surface area contributed by atoms with E-state index < -0.39 is 14.9 Å². The Morgan fingerprint density at radius 1 is 0.898 bits per heavy atom. The number of hydrogen-bond acceptors (Lipinski definition) is 11. The molecule has 1 aliphatic heterocycles. The number of nitro groups is 1. The van der Waals surface area contributed by atoms with Crippen LogP contribution in [0.25, 0.3) is 22.0 Å². The second-order valence-corrected chi connectivity index (χ2v) is 18.0. The van der Waals surface area contributed by atoms with Crippen LogP contribution in [-0.4, -0.2) is 91.7 Å². The number of nitrogens with one attached hydrogen (secondary N) is 2. The molecule has 1 saturated heterocycles. The average molecular weight is 851 g/mol. The Labute approximate surface area is 354 Å². The number of sulfonamides is 1. The van der Waals surface area contributed by atoms with E-state index >= 15 is 0 Å². The van der Waals surface area contributed by atoms with Crippen molar-refractivity contribution in [3.05, 3.63) is 142 Å². The molecule has 1 atom stereocenters. The van der Waals surface area contributed by atoms with Crippen molar-refractivity contribution in [2.75, 3.05) is 67.5 Å². The molecule has 5 aromatic carbocycles. The molecule has 0 bridgehead atoms. The highest BCUT2D eigenvalue weighted by Crippen LogP contribution is 2.33. The molecule has 2 heterocycles. The van der Waals surface area contributed by atoms with E-state index in [1.54, 1.807) is 11.8 Å². The molecule has 0 spiro atoms. The van der Waals surface area contributed by atoms with Crippen molar-refractivity contribution in [3.63, 3.8) is 0 Å². The van der Waals surface area contributed by atoms with Crippen molar-refractivity contribution in [1.82, 2.24) is 19.8 Å². The van der Waals surface area contributed by atoms with Gasteiger partial charge in [-0.25, -0.2) is 18.4 Å². The molecular weight excluding hydrogens is 804 g/mol. The molecule has 0 amide bonds. The van der Waals surface area contributed by atoms with Crippen LogP contribution in [0.4, 0.5) is 22.9 Å². The highest BCUT2D eigenvalue weighted by Gasteiger charge is 2.25. The quantitative estimate of drug-likeness (QED) is 0.0517. The van der Waals surface area contributed by atoms with Crippen LogP contribution in [0.3, 0.4) is 0 Å². The van der Waals surface area contributed by atoms with E-state index in [0.29, 0.717) is 16.7 Å². The SMILES string of the molecule is CN(C)CCC[C@H](CSc1ccccc1)Nc1ccc(S(=O)(=O)Nc2ncnc3cc(N4CCN(Cc5cc(Cl)ccc5-c5ccccc5)CC4)ccc23)cc1[N+](=O)[O-]. The summed E-state index contributed by atoms with van der Waals surface area (Å²) in [5.41, 5.74) is 5.01. The number of aromatic nitrogens is 2. The zero-order valence-electron chi connectivity index (χ0n) is 33.0. The largest absolute Gasteiger partial charge is 0.376 e. The Balaban J connectivity index is 1.03. The molecule has 1 aliphatic rings. The number of nitrogens with zero attached hydrogens (tertiary/aromatic N) is 6. The summed E-state index contributed by atoms with van der Waals surface area (Å²) in [6.45, 7) is 4.93. The number of rotatable bonds is 17. The third kappa shape index (κ3) is 10.9. The molecule has 0 aliphatic carbocycles. The molecule has 2 N–H and O–H groups in total. The van der Waals surface area contributed by atoms with Crippen molar-refractivity contribution < 1.29 is 13.3 Å². The van der Waals surface area contributed by atoms with Gasteiger partial charge in [0.1, 0.15) is 12.0 Å². The number of hydrogen-bond donors (Lipinski definition) is 2. The molecule has 1 fully saturated rings. The third-order valence-electron chi connectivity index (χ3n) is 10.3. The normalized spacial score (nSPS) is 14.1. The van der Waals surface area contributed by atoms with Crippen molar-refractivity contribution in [2.45, 2.75) is 35.2 Å². The van der Waals surface area contributed by atoms with Gasteiger partial charge in [0.25, 0.3) is 15.7 Å². The van der Waals surface area contributed by atoms with Crippen LogP contribution < -0.4 is 14.9 Å². The molecule has 0 unspecified atom stereocenters. The van der Waals surface area contributed by atoms with E-state index in [0.717, 1.165) is 79.3 Å². The number of thioether (sulfide) groups is 1. The Morgan fingerprint density at radius 3 is 2.37 bits per heavy atom. The summed E-state index contributed by atoms with van der Waals surface area (Å²) in [6.07, 6.45) is 2.97. The summed E-state index contributed by atoms with van der Waals surface area (Å²) in [4.78, 5) is 28.2. The van der Waals surface area contributed by atoms with E-state index in [4.69, 9.17) is 11.6 Å². The van der Waals surface area contributed by atoms with Gasteiger partial charge in [-0.2, -0.15) is 0 Å². The van der Waals surface area contributed by atoms with Crippen LogP contribution in [0.5, 0.6) is 0 Å². The molecule has 0 saturated carbocycles. The summed E-state index contributed by atoms with van der Waals surface area (Å²) in [6, 6.07) is 35.9. The fourth-order valence-corrected chi connectivity index (χ4v) is 9.48. The molecule has 15 heteroatoms. The summed E-state index contributed by atoms with van der Waals surface area (Å²) in [5, 5.41) is 16.9. The number of anilines is 3. The van der Waals surface area contributed by atoms with Crippen molar-refractivity contribution in [1.29, 1.82) is 0 Å². The monoisotopic (exact) mass is 850 g/mol. The minimum absolute atomic E-state index is 0.0888. The topological polar surface area (TPSA) is 137 Å². The summed E-state index contributed by atoms with van der Waals surface area (Å²) >= 11 is 8.10. The highest BCUT2D eigenvalue weighted by atomic mass is 35.5. The summed E-state index contributed by atoms with van der Waals surface area (Å²) in [7, 11) is -0.250. The Bertz CT molecular complexity index is 2490. The number of benzene rings is 5. The van der Waals surface area contributed by atoms with Gasteiger partial charge in [0.2, 0.25) is 0 Å². The molecule has 306 valence electrons. The molecule has 0 radical (unpaired) electrons. The number of nitro benzene ring substituents is 1. The van der Waals surface area contributed by atoms with E-state index in [9.17, 15) is 18.5 Å².